The first kappa shape index (κ1) is 22.6. The van der Waals surface area contributed by atoms with Crippen LogP contribution in [0.5, 0.6) is 0 Å². The Bertz CT molecular complexity index is 338. The van der Waals surface area contributed by atoms with Gasteiger partial charge in [-0.15, -0.1) is 0 Å². The number of unbranched alkanes of at least 4 members (excludes halogenated alkanes) is 2. The summed E-state index contributed by atoms with van der Waals surface area (Å²) in [5.74, 6) is 0.0124. The molecule has 0 spiro atoms. The predicted molar refractivity (Wildman–Crippen MR) is 87.5 cm³/mol. The zero-order chi connectivity index (χ0) is 17.1. The zero-order valence-electron chi connectivity index (χ0n) is 13.6. The van der Waals surface area contributed by atoms with Gasteiger partial charge in [0.05, 0.1) is 5.57 Å². The van der Waals surface area contributed by atoms with Crippen LogP contribution in [0.15, 0.2) is 35.4 Å². The molecule has 4 heteroatoms. The van der Waals surface area contributed by atoms with E-state index in [1.807, 2.05) is 13.8 Å². The van der Waals surface area contributed by atoms with Gasteiger partial charge in [0.1, 0.15) is 0 Å². The fourth-order valence-corrected chi connectivity index (χ4v) is 1.78. The molecule has 0 bridgehead atoms. The van der Waals surface area contributed by atoms with Crippen molar-refractivity contribution < 1.29 is 13.2 Å². The molecule has 0 aromatic heterocycles. The van der Waals surface area contributed by atoms with Crippen LogP contribution in [-0.2, 0) is 0 Å². The summed E-state index contributed by atoms with van der Waals surface area (Å²) in [5, 5.41) is -0.502. The van der Waals surface area contributed by atoms with Crippen LogP contribution in [0.2, 0.25) is 0 Å². The summed E-state index contributed by atoms with van der Waals surface area (Å²) < 4.78 is 37.6. The number of hydrogen-bond acceptors (Lipinski definition) is 0. The molecule has 0 saturated carbocycles. The van der Waals surface area contributed by atoms with E-state index in [2.05, 4.69) is 27.0 Å². The topological polar surface area (TPSA) is 0 Å². The van der Waals surface area contributed by atoms with E-state index in [-0.39, 0.29) is 5.92 Å². The summed E-state index contributed by atoms with van der Waals surface area (Å²) in [7, 11) is 0. The number of rotatable bonds is 7. The number of alkyl halides is 3. The molecule has 124 valence electrons. The molecule has 0 saturated heterocycles. The Kier molecular flexibility index (Phi) is 12.8. The van der Waals surface area contributed by atoms with Gasteiger partial charge in [0, 0.05) is 5.03 Å². The van der Waals surface area contributed by atoms with Crippen LogP contribution in [0.3, 0.4) is 0 Å². The van der Waals surface area contributed by atoms with Crippen molar-refractivity contribution >= 4 is 11.6 Å². The lowest BCUT2D eigenvalue weighted by atomic mass is 9.95. The van der Waals surface area contributed by atoms with Crippen LogP contribution in [0.4, 0.5) is 13.2 Å². The largest absolute Gasteiger partial charge is 0.417 e. The van der Waals surface area contributed by atoms with Crippen molar-refractivity contribution in [3.05, 3.63) is 35.4 Å². The molecule has 0 rings (SSSR count). The van der Waals surface area contributed by atoms with Gasteiger partial charge in [0.25, 0.3) is 0 Å². The van der Waals surface area contributed by atoms with Crippen molar-refractivity contribution in [2.75, 3.05) is 0 Å². The van der Waals surface area contributed by atoms with Crippen molar-refractivity contribution in [3.8, 4) is 0 Å². The van der Waals surface area contributed by atoms with Gasteiger partial charge in [-0.05, 0) is 18.4 Å². The van der Waals surface area contributed by atoms with Crippen molar-refractivity contribution in [1.29, 1.82) is 0 Å². The third kappa shape index (κ3) is 11.6. The van der Waals surface area contributed by atoms with Crippen LogP contribution in [0.25, 0.3) is 0 Å². The average Bonchev–Trinajstić information content (AvgIpc) is 2.35. The van der Waals surface area contributed by atoms with Crippen molar-refractivity contribution in [3.63, 3.8) is 0 Å². The minimum absolute atomic E-state index is 0.0124. The SMILES string of the molecule is C=C(Cl)/C(=C\C(=C)C(C)CCC)C(F)(F)F.CCCCC. The van der Waals surface area contributed by atoms with E-state index < -0.39 is 16.8 Å². The fourth-order valence-electron chi connectivity index (χ4n) is 1.61. The summed E-state index contributed by atoms with van der Waals surface area (Å²) in [6.45, 7) is 15.0. The molecule has 21 heavy (non-hydrogen) atoms. The highest BCUT2D eigenvalue weighted by Gasteiger charge is 2.35. The summed E-state index contributed by atoms with van der Waals surface area (Å²) in [5.41, 5.74) is -0.488. The molecule has 0 amide bonds. The first-order valence-corrected chi connectivity index (χ1v) is 7.81. The van der Waals surface area contributed by atoms with Gasteiger partial charge in [0.2, 0.25) is 0 Å². The Labute approximate surface area is 132 Å². The van der Waals surface area contributed by atoms with E-state index in [0.29, 0.717) is 5.57 Å². The fraction of sp³-hybridized carbons (Fsp3) is 0.647. The second kappa shape index (κ2) is 11.9. The Morgan fingerprint density at radius 1 is 1.10 bits per heavy atom. The highest BCUT2D eigenvalue weighted by Crippen LogP contribution is 2.34. The van der Waals surface area contributed by atoms with Gasteiger partial charge in [-0.3, -0.25) is 0 Å². The first-order chi connectivity index (χ1) is 9.61. The van der Waals surface area contributed by atoms with E-state index in [9.17, 15) is 13.2 Å². The third-order valence-electron chi connectivity index (χ3n) is 2.99. The lowest BCUT2D eigenvalue weighted by Gasteiger charge is -2.14. The molecular formula is C17H28ClF3. The van der Waals surface area contributed by atoms with Crippen LogP contribution < -0.4 is 0 Å². The normalized spacial score (nSPS) is 13.2. The lowest BCUT2D eigenvalue weighted by Crippen LogP contribution is -2.13. The number of hydrogen-bond donors (Lipinski definition) is 0. The summed E-state index contributed by atoms with van der Waals surface area (Å²) >= 11 is 5.33. The molecule has 0 nitrogen and oxygen atoms in total. The van der Waals surface area contributed by atoms with Crippen molar-refractivity contribution in [2.45, 2.75) is 66.0 Å². The maximum absolute atomic E-state index is 12.5. The maximum Gasteiger partial charge on any atom is 0.417 e. The molecule has 0 radical (unpaired) electrons. The standard InChI is InChI=1S/C12H16ClF3.C5H12/c1-5-6-8(2)9(3)7-11(10(4)13)12(14,15)16;1-3-5-4-2/h7-8H,3-6H2,1-2H3;3-5H2,1-2H3/b11-7+;. The highest BCUT2D eigenvalue weighted by molar-refractivity contribution is 6.31. The molecule has 0 aromatic carbocycles. The van der Waals surface area contributed by atoms with Crippen molar-refractivity contribution in [2.24, 2.45) is 5.92 Å². The van der Waals surface area contributed by atoms with Gasteiger partial charge >= 0.3 is 6.18 Å². The van der Waals surface area contributed by atoms with E-state index in [1.54, 1.807) is 0 Å². The van der Waals surface area contributed by atoms with E-state index >= 15 is 0 Å². The molecular weight excluding hydrogens is 297 g/mol. The monoisotopic (exact) mass is 324 g/mol. The smallest absolute Gasteiger partial charge is 0.166 e. The molecule has 0 aliphatic heterocycles. The molecule has 1 atom stereocenters. The van der Waals surface area contributed by atoms with Crippen LogP contribution in [-0.4, -0.2) is 6.18 Å². The Morgan fingerprint density at radius 3 is 1.81 bits per heavy atom. The van der Waals surface area contributed by atoms with Crippen LogP contribution in [0, 0.1) is 5.92 Å². The molecule has 0 aromatic rings. The number of allylic oxidation sites excluding steroid dienone is 4. The molecule has 0 fully saturated rings. The molecule has 0 heterocycles. The third-order valence-corrected chi connectivity index (χ3v) is 3.19. The van der Waals surface area contributed by atoms with Gasteiger partial charge in [-0.1, -0.05) is 83.7 Å². The quantitative estimate of drug-likeness (QED) is 0.427. The van der Waals surface area contributed by atoms with Gasteiger partial charge in [-0.25, -0.2) is 0 Å². The maximum atomic E-state index is 12.5. The van der Waals surface area contributed by atoms with Crippen molar-refractivity contribution in [1.82, 2.24) is 0 Å². The first-order valence-electron chi connectivity index (χ1n) is 7.44. The zero-order valence-corrected chi connectivity index (χ0v) is 14.4. The van der Waals surface area contributed by atoms with Crippen LogP contribution >= 0.6 is 11.6 Å². The summed E-state index contributed by atoms with van der Waals surface area (Å²) in [6, 6.07) is 0. The van der Waals surface area contributed by atoms with E-state index in [1.165, 1.54) is 19.3 Å². The Hall–Kier alpha value is -0.700. The molecule has 0 N–H and O–H groups in total. The predicted octanol–water partition coefficient (Wildman–Crippen LogP) is 7.42. The second-order valence-corrected chi connectivity index (χ2v) is 5.54. The summed E-state index contributed by atoms with van der Waals surface area (Å²) in [4.78, 5) is 0. The van der Waals surface area contributed by atoms with Gasteiger partial charge in [-0.2, -0.15) is 13.2 Å². The van der Waals surface area contributed by atoms with Gasteiger partial charge < -0.3 is 0 Å². The number of halogens is 4. The lowest BCUT2D eigenvalue weighted by molar-refractivity contribution is -0.0886. The minimum Gasteiger partial charge on any atom is -0.166 e. The second-order valence-electron chi connectivity index (χ2n) is 5.08. The van der Waals surface area contributed by atoms with E-state index in [4.69, 9.17) is 11.6 Å². The van der Waals surface area contributed by atoms with E-state index in [0.717, 1.165) is 18.9 Å². The average molecular weight is 325 g/mol. The van der Waals surface area contributed by atoms with Gasteiger partial charge in [0.15, 0.2) is 0 Å². The van der Waals surface area contributed by atoms with Crippen LogP contribution in [0.1, 0.15) is 59.8 Å². The molecule has 0 aliphatic carbocycles. The Morgan fingerprint density at radius 2 is 1.57 bits per heavy atom. The Balaban J connectivity index is 0. The molecule has 1 unspecified atom stereocenters. The summed E-state index contributed by atoms with van der Waals surface area (Å²) in [6.07, 6.45) is 2.28. The minimum atomic E-state index is -4.48. The highest BCUT2D eigenvalue weighted by atomic mass is 35.5. The molecule has 0 aliphatic rings.